The maximum Gasteiger partial charge on any atom is 0.138 e. The van der Waals surface area contributed by atoms with E-state index >= 15 is 0 Å². The summed E-state index contributed by atoms with van der Waals surface area (Å²) >= 11 is 3.31. The first kappa shape index (κ1) is 12.4. The molecule has 0 radical (unpaired) electrons. The molecule has 0 aliphatic carbocycles. The van der Waals surface area contributed by atoms with Crippen LogP contribution in [0.3, 0.4) is 0 Å². The lowest BCUT2D eigenvalue weighted by molar-refractivity contribution is -0.119. The molecule has 0 aromatic carbocycles. The van der Waals surface area contributed by atoms with Gasteiger partial charge in [0.05, 0.1) is 0 Å². The molecular weight excluding hydrogens is 258 g/mol. The molecule has 0 spiro atoms. The van der Waals surface area contributed by atoms with Crippen molar-refractivity contribution < 1.29 is 4.79 Å². The van der Waals surface area contributed by atoms with E-state index in [0.29, 0.717) is 25.0 Å². The van der Waals surface area contributed by atoms with Crippen LogP contribution in [0.1, 0.15) is 32.0 Å². The predicted octanol–water partition coefficient (Wildman–Crippen LogP) is 1.97. The third-order valence-corrected chi connectivity index (χ3v) is 2.77. The molecule has 15 heavy (non-hydrogen) atoms. The summed E-state index contributed by atoms with van der Waals surface area (Å²) in [6, 6.07) is 0. The molecule has 0 atom stereocenters. The van der Waals surface area contributed by atoms with Gasteiger partial charge < -0.3 is 0 Å². The number of hydrogen-bond acceptors (Lipinski definition) is 3. The fraction of sp³-hybridized carbons (Fsp3) is 0.700. The minimum absolute atomic E-state index is 0.306. The molecule has 0 unspecified atom stereocenters. The van der Waals surface area contributed by atoms with E-state index in [2.05, 4.69) is 26.0 Å². The van der Waals surface area contributed by atoms with Gasteiger partial charge in [-0.05, 0) is 13.3 Å². The molecule has 5 heteroatoms. The molecule has 0 aliphatic heterocycles. The van der Waals surface area contributed by atoms with Crippen LogP contribution >= 0.6 is 15.9 Å². The number of rotatable bonds is 7. The SMILES string of the molecule is CCn1ncnc1CCC(=O)CCCBr. The van der Waals surface area contributed by atoms with Crippen molar-refractivity contribution in [1.29, 1.82) is 0 Å². The van der Waals surface area contributed by atoms with Crippen molar-refractivity contribution >= 4 is 21.7 Å². The Balaban J connectivity index is 2.33. The van der Waals surface area contributed by atoms with Crippen LogP contribution in [-0.2, 0) is 17.8 Å². The summed E-state index contributed by atoms with van der Waals surface area (Å²) in [5, 5.41) is 4.95. The lowest BCUT2D eigenvalue weighted by atomic mass is 10.1. The van der Waals surface area contributed by atoms with Crippen LogP contribution in [0.25, 0.3) is 0 Å². The number of Topliss-reactive ketones (excluding diaryl/α,β-unsaturated/α-hetero) is 1. The first-order chi connectivity index (χ1) is 7.27. The predicted molar refractivity (Wildman–Crippen MR) is 62.1 cm³/mol. The second-order valence-corrected chi connectivity index (χ2v) is 4.12. The van der Waals surface area contributed by atoms with Gasteiger partial charge in [0.25, 0.3) is 0 Å². The van der Waals surface area contributed by atoms with Gasteiger partial charge in [-0.1, -0.05) is 15.9 Å². The van der Waals surface area contributed by atoms with E-state index in [1.165, 1.54) is 0 Å². The Hall–Kier alpha value is -0.710. The second kappa shape index (κ2) is 6.71. The molecule has 0 aliphatic rings. The molecule has 84 valence electrons. The number of halogens is 1. The van der Waals surface area contributed by atoms with Crippen LogP contribution in [0, 0.1) is 0 Å². The topological polar surface area (TPSA) is 47.8 Å². The highest BCUT2D eigenvalue weighted by atomic mass is 79.9. The Morgan fingerprint density at radius 2 is 2.33 bits per heavy atom. The molecule has 1 aromatic heterocycles. The van der Waals surface area contributed by atoms with Gasteiger partial charge in [-0.15, -0.1) is 0 Å². The molecule has 1 aromatic rings. The number of ketones is 1. The smallest absolute Gasteiger partial charge is 0.138 e. The average Bonchev–Trinajstić information content (AvgIpc) is 2.70. The van der Waals surface area contributed by atoms with Gasteiger partial charge in [-0.3, -0.25) is 9.48 Å². The fourth-order valence-corrected chi connectivity index (χ4v) is 1.67. The normalized spacial score (nSPS) is 10.5. The maximum atomic E-state index is 11.4. The minimum Gasteiger partial charge on any atom is -0.300 e. The summed E-state index contributed by atoms with van der Waals surface area (Å²) in [6.45, 7) is 2.83. The van der Waals surface area contributed by atoms with Crippen molar-refractivity contribution in [3.8, 4) is 0 Å². The molecule has 0 saturated heterocycles. The van der Waals surface area contributed by atoms with Crippen LogP contribution in [0.5, 0.6) is 0 Å². The van der Waals surface area contributed by atoms with Crippen molar-refractivity contribution in [2.75, 3.05) is 5.33 Å². The number of hydrogen-bond donors (Lipinski definition) is 0. The Morgan fingerprint density at radius 3 is 3.00 bits per heavy atom. The van der Waals surface area contributed by atoms with Crippen LogP contribution in [0.4, 0.5) is 0 Å². The summed E-state index contributed by atoms with van der Waals surface area (Å²) in [4.78, 5) is 15.5. The highest BCUT2D eigenvalue weighted by molar-refractivity contribution is 9.09. The highest BCUT2D eigenvalue weighted by Crippen LogP contribution is 2.03. The lowest BCUT2D eigenvalue weighted by Gasteiger charge is -2.02. The maximum absolute atomic E-state index is 11.4. The Bertz CT molecular complexity index is 311. The molecule has 0 N–H and O–H groups in total. The summed E-state index contributed by atoms with van der Waals surface area (Å²) in [5.41, 5.74) is 0. The highest BCUT2D eigenvalue weighted by Gasteiger charge is 2.06. The first-order valence-corrected chi connectivity index (χ1v) is 6.34. The van der Waals surface area contributed by atoms with E-state index in [0.717, 1.165) is 24.1 Å². The van der Waals surface area contributed by atoms with E-state index in [1.54, 1.807) is 6.33 Å². The standard InChI is InChI=1S/C10H16BrN3O/c1-2-14-10(12-8-13-14)6-5-9(15)4-3-7-11/h8H,2-7H2,1H3. The zero-order chi connectivity index (χ0) is 11.1. The van der Waals surface area contributed by atoms with Gasteiger partial charge in [0, 0.05) is 31.1 Å². The fourth-order valence-electron chi connectivity index (χ4n) is 1.39. The molecular formula is C10H16BrN3O. The van der Waals surface area contributed by atoms with Gasteiger partial charge in [0.15, 0.2) is 0 Å². The molecule has 0 fully saturated rings. The largest absolute Gasteiger partial charge is 0.300 e. The van der Waals surface area contributed by atoms with Crippen molar-refractivity contribution in [2.24, 2.45) is 0 Å². The summed E-state index contributed by atoms with van der Waals surface area (Å²) < 4.78 is 1.83. The third kappa shape index (κ3) is 4.11. The number of carbonyl (C=O) groups excluding carboxylic acids is 1. The van der Waals surface area contributed by atoms with Crippen molar-refractivity contribution in [2.45, 2.75) is 39.2 Å². The van der Waals surface area contributed by atoms with Gasteiger partial charge in [-0.2, -0.15) is 5.10 Å². The number of nitrogens with zero attached hydrogens (tertiary/aromatic N) is 3. The summed E-state index contributed by atoms with van der Waals surface area (Å²) in [5.74, 6) is 1.21. The van der Waals surface area contributed by atoms with Crippen molar-refractivity contribution in [3.63, 3.8) is 0 Å². The monoisotopic (exact) mass is 273 g/mol. The quantitative estimate of drug-likeness (QED) is 0.714. The lowest BCUT2D eigenvalue weighted by Crippen LogP contribution is -2.07. The van der Waals surface area contributed by atoms with E-state index in [4.69, 9.17) is 0 Å². The minimum atomic E-state index is 0.306. The number of aryl methyl sites for hydroxylation is 2. The van der Waals surface area contributed by atoms with Crippen LogP contribution in [0.15, 0.2) is 6.33 Å². The summed E-state index contributed by atoms with van der Waals surface area (Å²) in [6.07, 6.45) is 4.40. The third-order valence-electron chi connectivity index (χ3n) is 2.21. The molecule has 1 heterocycles. The number of alkyl halides is 1. The molecule has 4 nitrogen and oxygen atoms in total. The van der Waals surface area contributed by atoms with E-state index < -0.39 is 0 Å². The van der Waals surface area contributed by atoms with E-state index in [-0.39, 0.29) is 0 Å². The second-order valence-electron chi connectivity index (χ2n) is 3.32. The average molecular weight is 274 g/mol. The zero-order valence-electron chi connectivity index (χ0n) is 8.95. The van der Waals surface area contributed by atoms with Gasteiger partial charge in [0.1, 0.15) is 17.9 Å². The van der Waals surface area contributed by atoms with Crippen molar-refractivity contribution in [1.82, 2.24) is 14.8 Å². The van der Waals surface area contributed by atoms with Gasteiger partial charge in [0.2, 0.25) is 0 Å². The Labute approximate surface area is 98.2 Å². The molecule has 0 amide bonds. The van der Waals surface area contributed by atoms with Gasteiger partial charge >= 0.3 is 0 Å². The van der Waals surface area contributed by atoms with Gasteiger partial charge in [-0.25, -0.2) is 4.98 Å². The van der Waals surface area contributed by atoms with Crippen molar-refractivity contribution in [3.05, 3.63) is 12.2 Å². The Morgan fingerprint density at radius 1 is 1.53 bits per heavy atom. The summed E-state index contributed by atoms with van der Waals surface area (Å²) in [7, 11) is 0. The van der Waals surface area contributed by atoms with Crippen LogP contribution in [0.2, 0.25) is 0 Å². The van der Waals surface area contributed by atoms with Crippen LogP contribution in [-0.4, -0.2) is 25.9 Å². The number of carbonyl (C=O) groups is 1. The van der Waals surface area contributed by atoms with Crippen LogP contribution < -0.4 is 0 Å². The first-order valence-electron chi connectivity index (χ1n) is 5.22. The number of aromatic nitrogens is 3. The molecule has 0 saturated carbocycles. The van der Waals surface area contributed by atoms with E-state index in [9.17, 15) is 4.79 Å². The zero-order valence-corrected chi connectivity index (χ0v) is 10.5. The van der Waals surface area contributed by atoms with E-state index in [1.807, 2.05) is 11.6 Å². The Kier molecular flexibility index (Phi) is 5.53. The molecule has 1 rings (SSSR count). The molecule has 0 bridgehead atoms.